The maximum atomic E-state index is 10.2. The first-order valence-corrected chi connectivity index (χ1v) is 9.41. The highest BCUT2D eigenvalue weighted by Gasteiger charge is 1.99. The molecular formula is C20H36N4O3. The van der Waals surface area contributed by atoms with Crippen molar-refractivity contribution in [2.75, 3.05) is 19.7 Å². The van der Waals surface area contributed by atoms with Crippen LogP contribution in [0.1, 0.15) is 48.5 Å². The summed E-state index contributed by atoms with van der Waals surface area (Å²) in [5.74, 6) is 1.41. The SMILES string of the molecule is CC(=O)NCC(C)C.CC(C)OCC1=CCN=C1.CC(C)Oc1cn[nH]c1. The van der Waals surface area contributed by atoms with Crippen molar-refractivity contribution >= 4 is 12.1 Å². The van der Waals surface area contributed by atoms with Gasteiger partial charge in [-0.1, -0.05) is 19.9 Å². The van der Waals surface area contributed by atoms with E-state index in [2.05, 4.69) is 40.4 Å². The molecule has 7 heteroatoms. The Morgan fingerprint density at radius 3 is 2.30 bits per heavy atom. The summed E-state index contributed by atoms with van der Waals surface area (Å²) in [7, 11) is 0. The zero-order valence-electron chi connectivity index (χ0n) is 17.8. The van der Waals surface area contributed by atoms with Gasteiger partial charge in [-0.25, -0.2) is 0 Å². The minimum atomic E-state index is 0.0544. The number of H-pyrrole nitrogens is 1. The van der Waals surface area contributed by atoms with E-state index >= 15 is 0 Å². The highest BCUT2D eigenvalue weighted by Crippen LogP contribution is 2.06. The van der Waals surface area contributed by atoms with E-state index in [4.69, 9.17) is 9.47 Å². The number of nitrogens with zero attached hydrogens (tertiary/aromatic N) is 2. The maximum Gasteiger partial charge on any atom is 0.216 e. The lowest BCUT2D eigenvalue weighted by Gasteiger charge is -2.05. The van der Waals surface area contributed by atoms with E-state index in [9.17, 15) is 4.79 Å². The third kappa shape index (κ3) is 17.0. The van der Waals surface area contributed by atoms with Crippen LogP contribution in [0.2, 0.25) is 0 Å². The Bertz CT molecular complexity index is 550. The Morgan fingerprint density at radius 2 is 1.93 bits per heavy atom. The molecule has 1 aromatic rings. The van der Waals surface area contributed by atoms with Crippen LogP contribution in [0.5, 0.6) is 5.75 Å². The summed E-state index contributed by atoms with van der Waals surface area (Å²) in [5, 5.41) is 9.09. The summed E-state index contributed by atoms with van der Waals surface area (Å²) in [5.41, 5.74) is 1.20. The lowest BCUT2D eigenvalue weighted by molar-refractivity contribution is -0.119. The van der Waals surface area contributed by atoms with E-state index < -0.39 is 0 Å². The van der Waals surface area contributed by atoms with E-state index in [0.717, 1.165) is 18.8 Å². The number of carbonyl (C=O) groups excluding carboxylic acids is 1. The molecule has 0 radical (unpaired) electrons. The van der Waals surface area contributed by atoms with Crippen LogP contribution in [-0.2, 0) is 9.53 Å². The number of aromatic nitrogens is 2. The van der Waals surface area contributed by atoms with E-state index in [0.29, 0.717) is 18.6 Å². The van der Waals surface area contributed by atoms with Gasteiger partial charge in [0.15, 0.2) is 5.75 Å². The molecule has 2 rings (SSSR count). The van der Waals surface area contributed by atoms with Crippen molar-refractivity contribution in [1.29, 1.82) is 0 Å². The summed E-state index contributed by atoms with van der Waals surface area (Å²) in [6, 6.07) is 0. The molecule has 0 fully saturated rings. The highest BCUT2D eigenvalue weighted by atomic mass is 16.5. The van der Waals surface area contributed by atoms with Gasteiger partial charge in [0, 0.05) is 19.7 Å². The molecule has 1 amide bonds. The predicted octanol–water partition coefficient (Wildman–Crippen LogP) is 3.40. The molecule has 0 bridgehead atoms. The number of nitrogens with one attached hydrogen (secondary N) is 2. The average Bonchev–Trinajstić information content (AvgIpc) is 3.25. The van der Waals surface area contributed by atoms with Gasteiger partial charge in [-0.3, -0.25) is 14.9 Å². The molecule has 154 valence electrons. The van der Waals surface area contributed by atoms with Crippen molar-refractivity contribution in [3.63, 3.8) is 0 Å². The molecule has 0 spiro atoms. The van der Waals surface area contributed by atoms with Crippen LogP contribution in [0.3, 0.4) is 0 Å². The Morgan fingerprint density at radius 1 is 1.22 bits per heavy atom. The highest BCUT2D eigenvalue weighted by molar-refractivity contribution is 5.81. The van der Waals surface area contributed by atoms with Gasteiger partial charge in [0.25, 0.3) is 0 Å². The van der Waals surface area contributed by atoms with Crippen LogP contribution < -0.4 is 10.1 Å². The second-order valence-corrected chi connectivity index (χ2v) is 7.06. The molecule has 0 aromatic carbocycles. The maximum absolute atomic E-state index is 10.2. The van der Waals surface area contributed by atoms with Gasteiger partial charge >= 0.3 is 0 Å². The molecule has 1 aliphatic heterocycles. The molecule has 0 unspecified atom stereocenters. The van der Waals surface area contributed by atoms with Gasteiger partial charge in [-0.15, -0.1) is 0 Å². The molecule has 2 N–H and O–H groups in total. The fraction of sp³-hybridized carbons (Fsp3) is 0.650. The molecule has 1 aliphatic rings. The van der Waals surface area contributed by atoms with Gasteiger partial charge < -0.3 is 14.8 Å². The first-order chi connectivity index (χ1) is 12.7. The number of hydrogen-bond acceptors (Lipinski definition) is 5. The van der Waals surface area contributed by atoms with Crippen molar-refractivity contribution in [3.05, 3.63) is 24.0 Å². The first-order valence-electron chi connectivity index (χ1n) is 9.41. The summed E-state index contributed by atoms with van der Waals surface area (Å²) in [6.45, 7) is 16.0. The number of aliphatic imine (C=N–C) groups is 1. The third-order valence-corrected chi connectivity index (χ3v) is 2.90. The number of aromatic amines is 1. The van der Waals surface area contributed by atoms with Crippen LogP contribution >= 0.6 is 0 Å². The quantitative estimate of drug-likeness (QED) is 0.759. The third-order valence-electron chi connectivity index (χ3n) is 2.90. The number of rotatable bonds is 7. The zero-order valence-corrected chi connectivity index (χ0v) is 17.8. The van der Waals surface area contributed by atoms with Crippen LogP contribution in [0.15, 0.2) is 29.0 Å². The van der Waals surface area contributed by atoms with Crippen molar-refractivity contribution in [2.45, 2.75) is 60.7 Å². The van der Waals surface area contributed by atoms with E-state index in [1.165, 1.54) is 12.5 Å². The molecular weight excluding hydrogens is 344 g/mol. The molecule has 0 atom stereocenters. The predicted molar refractivity (Wildman–Crippen MR) is 110 cm³/mol. The molecule has 2 heterocycles. The number of carbonyl (C=O) groups is 1. The minimum absolute atomic E-state index is 0.0544. The van der Waals surface area contributed by atoms with Gasteiger partial charge in [0.2, 0.25) is 5.91 Å². The van der Waals surface area contributed by atoms with E-state index in [1.54, 1.807) is 12.4 Å². The smallest absolute Gasteiger partial charge is 0.216 e. The molecule has 0 saturated heterocycles. The van der Waals surface area contributed by atoms with Crippen molar-refractivity contribution in [1.82, 2.24) is 15.5 Å². The lowest BCUT2D eigenvalue weighted by Crippen LogP contribution is -2.24. The fourth-order valence-corrected chi connectivity index (χ4v) is 1.68. The number of amides is 1. The second-order valence-electron chi connectivity index (χ2n) is 7.06. The zero-order chi connectivity index (χ0) is 20.7. The molecule has 0 aliphatic carbocycles. The fourth-order valence-electron chi connectivity index (χ4n) is 1.68. The minimum Gasteiger partial charge on any atom is -0.488 e. The standard InChI is InChI=1S/C8H13NO.C6H10N2O.C6H13NO/c1-7(2)10-6-8-3-4-9-5-8;1-5(2)9-6-3-7-8-4-6;1-5(2)4-7-6(3)8/h3,5,7H,4,6H2,1-2H3;3-5H,1-2H3,(H,7,8);5H,4H2,1-3H3,(H,7,8). The monoisotopic (exact) mass is 380 g/mol. The Kier molecular flexibility index (Phi) is 13.8. The Balaban J connectivity index is 0.000000379. The molecule has 7 nitrogen and oxygen atoms in total. The van der Waals surface area contributed by atoms with Gasteiger partial charge in [-0.05, 0) is 39.2 Å². The van der Waals surface area contributed by atoms with Gasteiger partial charge in [-0.2, -0.15) is 5.10 Å². The molecule has 0 saturated carbocycles. The summed E-state index contributed by atoms with van der Waals surface area (Å²) < 4.78 is 10.6. The van der Waals surface area contributed by atoms with Crippen molar-refractivity contribution in [2.24, 2.45) is 10.9 Å². The average molecular weight is 381 g/mol. The van der Waals surface area contributed by atoms with Crippen molar-refractivity contribution < 1.29 is 14.3 Å². The van der Waals surface area contributed by atoms with E-state index in [1.807, 2.05) is 33.9 Å². The Hall–Kier alpha value is -2.15. The lowest BCUT2D eigenvalue weighted by atomic mass is 10.2. The summed E-state index contributed by atoms with van der Waals surface area (Å²) in [4.78, 5) is 14.3. The number of ether oxygens (including phenoxy) is 2. The van der Waals surface area contributed by atoms with Crippen LogP contribution in [0.4, 0.5) is 0 Å². The Labute approximate surface area is 163 Å². The topological polar surface area (TPSA) is 88.6 Å². The molecule has 1 aromatic heterocycles. The van der Waals surface area contributed by atoms with Gasteiger partial charge in [0.05, 0.1) is 37.8 Å². The normalized spacial score (nSPS) is 12.3. The second kappa shape index (κ2) is 15.0. The summed E-state index contributed by atoms with van der Waals surface area (Å²) >= 11 is 0. The molecule has 27 heavy (non-hydrogen) atoms. The van der Waals surface area contributed by atoms with Gasteiger partial charge in [0.1, 0.15) is 0 Å². The van der Waals surface area contributed by atoms with Crippen molar-refractivity contribution in [3.8, 4) is 5.75 Å². The summed E-state index contributed by atoms with van der Waals surface area (Å²) in [6.07, 6.45) is 7.88. The van der Waals surface area contributed by atoms with Crippen LogP contribution in [0.25, 0.3) is 0 Å². The first kappa shape index (κ1) is 24.8. The van der Waals surface area contributed by atoms with Crippen LogP contribution in [-0.4, -0.2) is 54.2 Å². The van der Waals surface area contributed by atoms with E-state index in [-0.39, 0.29) is 12.0 Å². The van der Waals surface area contributed by atoms with Crippen LogP contribution in [0, 0.1) is 5.92 Å². The largest absolute Gasteiger partial charge is 0.488 e. The number of hydrogen-bond donors (Lipinski definition) is 2.